The van der Waals surface area contributed by atoms with Crippen molar-refractivity contribution in [1.82, 2.24) is 10.2 Å². The van der Waals surface area contributed by atoms with E-state index >= 15 is 0 Å². The van der Waals surface area contributed by atoms with Gasteiger partial charge in [0, 0.05) is 7.05 Å². The Morgan fingerprint density at radius 3 is 2.50 bits per heavy atom. The maximum Gasteiger partial charge on any atom is 0.320 e. The summed E-state index contributed by atoms with van der Waals surface area (Å²) >= 11 is 0. The van der Waals surface area contributed by atoms with Gasteiger partial charge in [-0.05, 0) is 14.1 Å². The van der Waals surface area contributed by atoms with E-state index in [1.807, 2.05) is 0 Å². The van der Waals surface area contributed by atoms with Crippen molar-refractivity contribution in [3.05, 3.63) is 0 Å². The molecule has 0 aromatic carbocycles. The molecule has 0 heterocycles. The molecular formula is C8H17N3O3. The van der Waals surface area contributed by atoms with Gasteiger partial charge in [0.2, 0.25) is 5.91 Å². The number of ether oxygens (including phenoxy) is 1. The molecule has 0 unspecified atom stereocenters. The molecule has 0 saturated carbocycles. The minimum Gasteiger partial charge on any atom is -0.463 e. The van der Waals surface area contributed by atoms with Crippen LogP contribution in [0.5, 0.6) is 0 Å². The van der Waals surface area contributed by atoms with Crippen molar-refractivity contribution in [2.75, 3.05) is 34.3 Å². The smallest absolute Gasteiger partial charge is 0.320 e. The van der Waals surface area contributed by atoms with Gasteiger partial charge >= 0.3 is 5.97 Å². The number of rotatable bonds is 5. The second kappa shape index (κ2) is 6.33. The second-order valence-electron chi connectivity index (χ2n) is 3.14. The van der Waals surface area contributed by atoms with Crippen molar-refractivity contribution in [2.45, 2.75) is 6.04 Å². The summed E-state index contributed by atoms with van der Waals surface area (Å²) in [6.45, 7) is 0.0901. The van der Waals surface area contributed by atoms with Crippen LogP contribution in [0.2, 0.25) is 0 Å². The molecular weight excluding hydrogens is 186 g/mol. The summed E-state index contributed by atoms with van der Waals surface area (Å²) in [6, 6.07) is -0.800. The highest BCUT2D eigenvalue weighted by atomic mass is 16.5. The van der Waals surface area contributed by atoms with Crippen LogP contribution in [-0.2, 0) is 14.3 Å². The lowest BCUT2D eigenvalue weighted by molar-refractivity contribution is -0.145. The van der Waals surface area contributed by atoms with Crippen LogP contribution >= 0.6 is 0 Å². The van der Waals surface area contributed by atoms with Gasteiger partial charge in [-0.15, -0.1) is 0 Å². The Kier molecular flexibility index (Phi) is 5.82. The molecule has 0 radical (unpaired) electrons. The maximum absolute atomic E-state index is 11.0. The highest BCUT2D eigenvalue weighted by Gasteiger charge is 2.14. The first-order valence-corrected chi connectivity index (χ1v) is 4.25. The van der Waals surface area contributed by atoms with Gasteiger partial charge in [-0.2, -0.15) is 0 Å². The number of nitrogens with two attached hydrogens (primary N) is 1. The highest BCUT2D eigenvalue weighted by Crippen LogP contribution is 1.86. The van der Waals surface area contributed by atoms with Gasteiger partial charge in [0.1, 0.15) is 12.6 Å². The first kappa shape index (κ1) is 12.9. The normalized spacial score (nSPS) is 12.4. The molecule has 0 bridgehead atoms. The summed E-state index contributed by atoms with van der Waals surface area (Å²) in [5.74, 6) is -0.739. The fraction of sp³-hybridized carbons (Fsp3) is 0.750. The number of hydrogen-bond donors (Lipinski definition) is 2. The molecule has 0 spiro atoms. The van der Waals surface area contributed by atoms with Gasteiger partial charge in [0.15, 0.2) is 0 Å². The minimum atomic E-state index is -0.800. The molecule has 0 fully saturated rings. The number of esters is 1. The van der Waals surface area contributed by atoms with Crippen LogP contribution in [0.25, 0.3) is 0 Å². The minimum absolute atomic E-state index is 0.0909. The average molecular weight is 203 g/mol. The van der Waals surface area contributed by atoms with E-state index in [-0.39, 0.29) is 19.1 Å². The number of nitrogens with zero attached hydrogens (tertiary/aromatic N) is 1. The van der Waals surface area contributed by atoms with E-state index < -0.39 is 12.0 Å². The summed E-state index contributed by atoms with van der Waals surface area (Å²) < 4.78 is 4.77. The van der Waals surface area contributed by atoms with Gasteiger partial charge in [-0.3, -0.25) is 14.5 Å². The highest BCUT2D eigenvalue weighted by molar-refractivity contribution is 5.81. The Morgan fingerprint density at radius 1 is 1.50 bits per heavy atom. The van der Waals surface area contributed by atoms with Crippen LogP contribution in [0, 0.1) is 0 Å². The van der Waals surface area contributed by atoms with Gasteiger partial charge < -0.3 is 15.8 Å². The Bertz CT molecular complexity index is 206. The number of likely N-dealkylation sites (N-methyl/N-ethyl adjacent to an activating group) is 2. The third-order valence-electron chi connectivity index (χ3n) is 1.45. The van der Waals surface area contributed by atoms with Crippen molar-refractivity contribution in [3.8, 4) is 0 Å². The van der Waals surface area contributed by atoms with Crippen molar-refractivity contribution in [2.24, 2.45) is 5.73 Å². The zero-order chi connectivity index (χ0) is 11.1. The predicted molar refractivity (Wildman–Crippen MR) is 51.6 cm³/mol. The van der Waals surface area contributed by atoms with Crippen LogP contribution in [0.15, 0.2) is 0 Å². The third-order valence-corrected chi connectivity index (χ3v) is 1.45. The molecule has 3 N–H and O–H groups in total. The number of nitrogens with one attached hydrogen (secondary N) is 1. The van der Waals surface area contributed by atoms with Gasteiger partial charge in [-0.1, -0.05) is 0 Å². The Morgan fingerprint density at radius 2 is 2.07 bits per heavy atom. The molecule has 14 heavy (non-hydrogen) atoms. The lowest BCUT2D eigenvalue weighted by Crippen LogP contribution is -2.43. The average Bonchev–Trinajstić information content (AvgIpc) is 2.11. The Hall–Kier alpha value is -1.14. The largest absolute Gasteiger partial charge is 0.463 e. The summed E-state index contributed by atoms with van der Waals surface area (Å²) in [5, 5.41) is 2.36. The van der Waals surface area contributed by atoms with E-state index in [4.69, 9.17) is 10.5 Å². The Balaban J connectivity index is 3.71. The number of carbonyl (C=O) groups excluding carboxylic acids is 2. The molecule has 0 aliphatic heterocycles. The zero-order valence-electron chi connectivity index (χ0n) is 8.74. The molecule has 6 heteroatoms. The lowest BCUT2D eigenvalue weighted by atomic mass is 10.3. The first-order chi connectivity index (χ1) is 6.47. The summed E-state index contributed by atoms with van der Waals surface area (Å²) in [7, 11) is 4.98. The molecule has 0 aliphatic carbocycles. The quantitative estimate of drug-likeness (QED) is 0.513. The van der Waals surface area contributed by atoms with Crippen molar-refractivity contribution in [3.63, 3.8) is 0 Å². The Labute approximate surface area is 83.4 Å². The standard InChI is InChI=1S/C8H17N3O3/c1-10-8(13)6(9)5-14-7(12)4-11(2)3/h6H,4-5,9H2,1-3H3,(H,10,13)/t6-/m0/s1. The van der Waals surface area contributed by atoms with Crippen molar-refractivity contribution < 1.29 is 14.3 Å². The molecule has 1 atom stereocenters. The molecule has 1 amide bonds. The van der Waals surface area contributed by atoms with Crippen molar-refractivity contribution in [1.29, 1.82) is 0 Å². The van der Waals surface area contributed by atoms with Crippen molar-refractivity contribution >= 4 is 11.9 Å². The molecule has 6 nitrogen and oxygen atoms in total. The van der Waals surface area contributed by atoms with Crippen LogP contribution < -0.4 is 11.1 Å². The number of amides is 1. The molecule has 0 aromatic rings. The van der Waals surface area contributed by atoms with Crippen LogP contribution in [0.4, 0.5) is 0 Å². The van der Waals surface area contributed by atoms with E-state index in [0.717, 1.165) is 0 Å². The molecule has 0 aliphatic rings. The fourth-order valence-corrected chi connectivity index (χ4v) is 0.748. The number of carbonyl (C=O) groups is 2. The van der Waals surface area contributed by atoms with E-state index in [9.17, 15) is 9.59 Å². The van der Waals surface area contributed by atoms with E-state index in [2.05, 4.69) is 5.32 Å². The summed E-state index contributed by atoms with van der Waals surface area (Å²) in [5.41, 5.74) is 5.40. The third kappa shape index (κ3) is 5.50. The molecule has 0 rings (SSSR count). The number of hydrogen-bond acceptors (Lipinski definition) is 5. The topological polar surface area (TPSA) is 84.7 Å². The fourth-order valence-electron chi connectivity index (χ4n) is 0.748. The molecule has 82 valence electrons. The maximum atomic E-state index is 11.0. The van der Waals surface area contributed by atoms with Crippen LogP contribution in [-0.4, -0.2) is 57.1 Å². The summed E-state index contributed by atoms with van der Waals surface area (Å²) in [6.07, 6.45) is 0. The lowest BCUT2D eigenvalue weighted by Gasteiger charge is -2.12. The van der Waals surface area contributed by atoms with Crippen LogP contribution in [0.1, 0.15) is 0 Å². The van der Waals surface area contributed by atoms with Gasteiger partial charge in [0.25, 0.3) is 0 Å². The van der Waals surface area contributed by atoms with E-state index in [0.29, 0.717) is 0 Å². The van der Waals surface area contributed by atoms with Crippen LogP contribution in [0.3, 0.4) is 0 Å². The molecule has 0 saturated heterocycles. The second-order valence-corrected chi connectivity index (χ2v) is 3.14. The van der Waals surface area contributed by atoms with Gasteiger partial charge in [0.05, 0.1) is 6.54 Å². The van der Waals surface area contributed by atoms with E-state index in [1.54, 1.807) is 19.0 Å². The first-order valence-electron chi connectivity index (χ1n) is 4.25. The zero-order valence-corrected chi connectivity index (χ0v) is 8.74. The molecule has 0 aromatic heterocycles. The monoisotopic (exact) mass is 203 g/mol. The summed E-state index contributed by atoms with van der Waals surface area (Å²) in [4.78, 5) is 23.6. The SMILES string of the molecule is CNC(=O)[C@@H](N)COC(=O)CN(C)C. The predicted octanol–water partition coefficient (Wildman–Crippen LogP) is -1.84. The van der Waals surface area contributed by atoms with Gasteiger partial charge in [-0.25, -0.2) is 0 Å². The van der Waals surface area contributed by atoms with E-state index in [1.165, 1.54) is 7.05 Å².